The number of hydrogen-bond acceptors (Lipinski definition) is 7. The van der Waals surface area contributed by atoms with E-state index in [-0.39, 0.29) is 12.4 Å². The number of anilines is 1. The highest BCUT2D eigenvalue weighted by Crippen LogP contribution is 2.30. The topological polar surface area (TPSA) is 115 Å². The Kier molecular flexibility index (Phi) is 7.23. The van der Waals surface area contributed by atoms with E-state index in [9.17, 15) is 14.4 Å². The van der Waals surface area contributed by atoms with Crippen molar-refractivity contribution in [1.29, 1.82) is 0 Å². The molecular weight excluding hydrogens is 502 g/mol. The number of carbonyl (C=O) groups is 3. The summed E-state index contributed by atoms with van der Waals surface area (Å²) in [6, 6.07) is 26.8. The molecule has 1 atom stereocenters. The number of rotatable bonds is 8. The van der Waals surface area contributed by atoms with Gasteiger partial charge in [0.15, 0.2) is 5.78 Å². The maximum atomic E-state index is 13.6. The molecule has 0 bridgehead atoms. The van der Waals surface area contributed by atoms with Crippen LogP contribution < -0.4 is 10.6 Å². The Hall–Kier alpha value is -4.83. The van der Waals surface area contributed by atoms with Gasteiger partial charge in [-0.05, 0) is 30.7 Å². The number of benzene rings is 3. The van der Waals surface area contributed by atoms with E-state index < -0.39 is 18.2 Å². The molecule has 9 nitrogen and oxygen atoms in total. The van der Waals surface area contributed by atoms with Gasteiger partial charge in [-0.15, -0.1) is 16.4 Å². The molecule has 5 aromatic rings. The molecule has 10 heteroatoms. The van der Waals surface area contributed by atoms with E-state index in [1.165, 1.54) is 16.0 Å². The molecule has 0 aliphatic heterocycles. The Bertz CT molecular complexity index is 1600. The molecule has 38 heavy (non-hydrogen) atoms. The molecule has 0 radical (unpaired) electrons. The van der Waals surface area contributed by atoms with Gasteiger partial charge in [-0.2, -0.15) is 0 Å². The molecule has 2 heterocycles. The molecule has 2 N–H and O–H groups in total. The molecule has 0 aliphatic rings. The van der Waals surface area contributed by atoms with Crippen molar-refractivity contribution in [3.05, 3.63) is 113 Å². The van der Waals surface area contributed by atoms with Crippen molar-refractivity contribution in [2.45, 2.75) is 19.7 Å². The van der Waals surface area contributed by atoms with E-state index in [0.717, 1.165) is 10.4 Å². The van der Waals surface area contributed by atoms with E-state index in [1.807, 2.05) is 43.3 Å². The first-order chi connectivity index (χ1) is 18.5. The number of fused-ring (bicyclic) bond motifs is 1. The summed E-state index contributed by atoms with van der Waals surface area (Å²) in [7, 11) is 0. The van der Waals surface area contributed by atoms with Gasteiger partial charge in [-0.1, -0.05) is 78.0 Å². The minimum atomic E-state index is -1.30. The number of hydrogen-bond donors (Lipinski definition) is 2. The predicted molar refractivity (Wildman–Crippen MR) is 144 cm³/mol. The molecule has 0 fully saturated rings. The lowest BCUT2D eigenvalue weighted by Crippen LogP contribution is -2.41. The minimum absolute atomic E-state index is 0.0267. The van der Waals surface area contributed by atoms with Gasteiger partial charge in [-0.25, -0.2) is 9.48 Å². The fourth-order valence-electron chi connectivity index (χ4n) is 3.89. The fraction of sp³-hybridized carbons (Fsp3) is 0.107. The zero-order valence-corrected chi connectivity index (χ0v) is 21.1. The van der Waals surface area contributed by atoms with Gasteiger partial charge >= 0.3 is 6.09 Å². The number of carbonyl (C=O) groups excluding carboxylic acids is 3. The van der Waals surface area contributed by atoms with Crippen molar-refractivity contribution in [2.75, 3.05) is 5.32 Å². The minimum Gasteiger partial charge on any atom is -0.445 e. The van der Waals surface area contributed by atoms with E-state index in [1.54, 1.807) is 54.6 Å². The number of nitrogens with zero attached hydrogens (tertiary/aromatic N) is 3. The van der Waals surface area contributed by atoms with Crippen LogP contribution in [0.15, 0.2) is 91.0 Å². The van der Waals surface area contributed by atoms with Gasteiger partial charge in [0.1, 0.15) is 17.1 Å². The zero-order valence-electron chi connectivity index (χ0n) is 20.3. The number of ketones is 1. The standard InChI is InChI=1S/C28H23N5O4S/c1-18-16-21(24(34)20-12-6-3-7-13-20)27(38-18)30-26(35)25(33-23-15-9-8-14-22(23)31-32-33)29-28(36)37-17-19-10-4-2-5-11-19/h2-16,25H,17H2,1H3,(H,29,36)(H,30,35). The Morgan fingerprint density at radius 3 is 2.39 bits per heavy atom. The summed E-state index contributed by atoms with van der Waals surface area (Å²) in [6.07, 6.45) is -2.11. The summed E-state index contributed by atoms with van der Waals surface area (Å²) < 4.78 is 6.66. The zero-order chi connectivity index (χ0) is 26.5. The SMILES string of the molecule is Cc1cc(C(=O)c2ccccc2)c(NC(=O)C(NC(=O)OCc2ccccc2)n2nnc3ccccc32)s1. The van der Waals surface area contributed by atoms with Gasteiger partial charge in [0.25, 0.3) is 5.91 Å². The number of aryl methyl sites for hydroxylation is 1. The average Bonchev–Trinajstić information content (AvgIpc) is 3.54. The summed E-state index contributed by atoms with van der Waals surface area (Å²) in [5, 5.41) is 14.0. The molecule has 190 valence electrons. The van der Waals surface area contributed by atoms with Crippen LogP contribution >= 0.6 is 11.3 Å². The summed E-state index contributed by atoms with van der Waals surface area (Å²) in [4.78, 5) is 40.4. The van der Waals surface area contributed by atoms with Crippen LogP contribution in [0.5, 0.6) is 0 Å². The average molecular weight is 526 g/mol. The molecule has 0 saturated heterocycles. The highest BCUT2D eigenvalue weighted by Gasteiger charge is 2.28. The van der Waals surface area contributed by atoms with Gasteiger partial charge in [-0.3, -0.25) is 14.9 Å². The van der Waals surface area contributed by atoms with Crippen LogP contribution in [0, 0.1) is 6.92 Å². The molecular formula is C28H23N5O4S. The molecule has 5 rings (SSSR count). The van der Waals surface area contributed by atoms with Crippen LogP contribution in [-0.2, 0) is 16.1 Å². The maximum Gasteiger partial charge on any atom is 0.409 e. The highest BCUT2D eigenvalue weighted by atomic mass is 32.1. The second kappa shape index (κ2) is 11.1. The normalized spacial score (nSPS) is 11.6. The van der Waals surface area contributed by atoms with Crippen molar-refractivity contribution >= 4 is 45.2 Å². The van der Waals surface area contributed by atoms with Gasteiger partial charge in [0.2, 0.25) is 6.17 Å². The summed E-state index contributed by atoms with van der Waals surface area (Å²) in [5.41, 5.74) is 2.76. The van der Waals surface area contributed by atoms with E-state index in [0.29, 0.717) is 27.2 Å². The largest absolute Gasteiger partial charge is 0.445 e. The third-order valence-electron chi connectivity index (χ3n) is 5.71. The first kappa shape index (κ1) is 24.8. The van der Waals surface area contributed by atoms with Gasteiger partial charge < -0.3 is 10.1 Å². The molecule has 0 saturated carbocycles. The van der Waals surface area contributed by atoms with Crippen LogP contribution in [0.2, 0.25) is 0 Å². The smallest absolute Gasteiger partial charge is 0.409 e. The number of ether oxygens (including phenoxy) is 1. The second-order valence-corrected chi connectivity index (χ2v) is 9.67. The lowest BCUT2D eigenvalue weighted by molar-refractivity contribution is -0.120. The lowest BCUT2D eigenvalue weighted by atomic mass is 10.1. The Labute approximate surface area is 222 Å². The summed E-state index contributed by atoms with van der Waals surface area (Å²) in [5.74, 6) is -0.829. The van der Waals surface area contributed by atoms with E-state index in [4.69, 9.17) is 4.74 Å². The number of aromatic nitrogens is 3. The van der Waals surface area contributed by atoms with Crippen LogP contribution in [0.1, 0.15) is 32.5 Å². The number of thiophene rings is 1. The van der Waals surface area contributed by atoms with Crippen LogP contribution in [-0.4, -0.2) is 32.8 Å². The van der Waals surface area contributed by atoms with Crippen LogP contribution in [0.3, 0.4) is 0 Å². The Balaban J connectivity index is 1.41. The molecule has 0 spiro atoms. The summed E-state index contributed by atoms with van der Waals surface area (Å²) in [6.45, 7) is 1.88. The first-order valence-corrected chi connectivity index (χ1v) is 12.6. The number of para-hydroxylation sites is 1. The van der Waals surface area contributed by atoms with Crippen molar-refractivity contribution in [1.82, 2.24) is 20.3 Å². The van der Waals surface area contributed by atoms with Crippen molar-refractivity contribution < 1.29 is 19.1 Å². The van der Waals surface area contributed by atoms with Crippen molar-refractivity contribution in [3.63, 3.8) is 0 Å². The van der Waals surface area contributed by atoms with Gasteiger partial charge in [0, 0.05) is 10.4 Å². The van der Waals surface area contributed by atoms with Crippen LogP contribution in [0.25, 0.3) is 11.0 Å². The Morgan fingerprint density at radius 1 is 0.947 bits per heavy atom. The predicted octanol–water partition coefficient (Wildman–Crippen LogP) is 5.10. The fourth-order valence-corrected chi connectivity index (χ4v) is 4.80. The molecule has 1 unspecified atom stereocenters. The van der Waals surface area contributed by atoms with E-state index >= 15 is 0 Å². The number of alkyl carbamates (subject to hydrolysis) is 1. The van der Waals surface area contributed by atoms with E-state index in [2.05, 4.69) is 20.9 Å². The monoisotopic (exact) mass is 525 g/mol. The van der Waals surface area contributed by atoms with Crippen molar-refractivity contribution in [3.8, 4) is 0 Å². The highest BCUT2D eigenvalue weighted by molar-refractivity contribution is 7.16. The third kappa shape index (κ3) is 5.45. The third-order valence-corrected chi connectivity index (χ3v) is 6.68. The Morgan fingerprint density at radius 2 is 1.63 bits per heavy atom. The maximum absolute atomic E-state index is 13.6. The van der Waals surface area contributed by atoms with Crippen LogP contribution in [0.4, 0.5) is 9.80 Å². The number of nitrogens with one attached hydrogen (secondary N) is 2. The molecule has 3 aromatic carbocycles. The first-order valence-electron chi connectivity index (χ1n) is 11.8. The number of amides is 2. The lowest BCUT2D eigenvalue weighted by Gasteiger charge is -2.19. The summed E-state index contributed by atoms with van der Waals surface area (Å²) >= 11 is 1.27. The van der Waals surface area contributed by atoms with Crippen molar-refractivity contribution in [2.24, 2.45) is 0 Å². The second-order valence-electron chi connectivity index (χ2n) is 8.42. The molecule has 2 aromatic heterocycles. The molecule has 0 aliphatic carbocycles. The quantitative estimate of drug-likeness (QED) is 0.273. The van der Waals surface area contributed by atoms with Gasteiger partial charge in [0.05, 0.1) is 11.1 Å². The molecule has 2 amide bonds.